The molecule has 2 aromatic rings. The van der Waals surface area contributed by atoms with Gasteiger partial charge in [0.1, 0.15) is 6.61 Å². The van der Waals surface area contributed by atoms with Crippen LogP contribution < -0.4 is 14.8 Å². The molecule has 1 aliphatic rings. The van der Waals surface area contributed by atoms with E-state index in [0.717, 1.165) is 50.5 Å². The van der Waals surface area contributed by atoms with Gasteiger partial charge in [-0.3, -0.25) is 4.90 Å². The van der Waals surface area contributed by atoms with Crippen LogP contribution in [-0.2, 0) is 17.9 Å². The van der Waals surface area contributed by atoms with Gasteiger partial charge in [-0.25, -0.2) is 0 Å². The molecule has 1 fully saturated rings. The summed E-state index contributed by atoms with van der Waals surface area (Å²) in [6, 6.07) is 11.4. The number of ether oxygens (including phenoxy) is 3. The Kier molecular flexibility index (Phi) is 8.90. The molecule has 0 radical (unpaired) electrons. The van der Waals surface area contributed by atoms with E-state index in [1.54, 1.807) is 0 Å². The van der Waals surface area contributed by atoms with Crippen LogP contribution in [0.5, 0.6) is 11.5 Å². The number of benzene rings is 2. The molecule has 1 aliphatic heterocycles. The van der Waals surface area contributed by atoms with E-state index in [1.807, 2.05) is 43.3 Å². The number of nitrogens with zero attached hydrogens (tertiary/aromatic N) is 1. The quantitative estimate of drug-likeness (QED) is 0.557. The number of morpholine rings is 1. The summed E-state index contributed by atoms with van der Waals surface area (Å²) in [7, 11) is 0. The smallest absolute Gasteiger partial charge is 0.163 e. The summed E-state index contributed by atoms with van der Waals surface area (Å²) >= 11 is 12.4. The van der Waals surface area contributed by atoms with Gasteiger partial charge in [0.2, 0.25) is 0 Å². The van der Waals surface area contributed by atoms with Crippen molar-refractivity contribution < 1.29 is 14.2 Å². The van der Waals surface area contributed by atoms with E-state index in [-0.39, 0.29) is 0 Å². The maximum Gasteiger partial charge on any atom is 0.163 e. The first-order valence-electron chi connectivity index (χ1n) is 9.99. The van der Waals surface area contributed by atoms with E-state index >= 15 is 0 Å². The Morgan fingerprint density at radius 1 is 1.03 bits per heavy atom. The van der Waals surface area contributed by atoms with Crippen LogP contribution in [0, 0.1) is 0 Å². The molecule has 0 aliphatic carbocycles. The summed E-state index contributed by atoms with van der Waals surface area (Å²) in [5, 5.41) is 4.84. The van der Waals surface area contributed by atoms with E-state index in [0.29, 0.717) is 41.3 Å². The zero-order chi connectivity index (χ0) is 20.5. The summed E-state index contributed by atoms with van der Waals surface area (Å²) < 4.78 is 17.1. The molecular formula is C22H28Cl2N2O3. The highest BCUT2D eigenvalue weighted by Gasteiger charge is 2.13. The molecule has 1 saturated heterocycles. The lowest BCUT2D eigenvalue weighted by atomic mass is 10.2. The maximum absolute atomic E-state index is 6.51. The van der Waals surface area contributed by atoms with Gasteiger partial charge in [0.25, 0.3) is 0 Å². The topological polar surface area (TPSA) is 43.0 Å². The molecule has 158 valence electrons. The van der Waals surface area contributed by atoms with Crippen molar-refractivity contribution in [2.75, 3.05) is 46.0 Å². The second-order valence-corrected chi connectivity index (χ2v) is 7.71. The highest BCUT2D eigenvalue weighted by molar-refractivity contribution is 6.31. The van der Waals surface area contributed by atoms with Crippen LogP contribution in [-0.4, -0.2) is 50.9 Å². The van der Waals surface area contributed by atoms with Crippen molar-refractivity contribution in [2.45, 2.75) is 20.1 Å². The van der Waals surface area contributed by atoms with Crippen molar-refractivity contribution >= 4 is 23.2 Å². The van der Waals surface area contributed by atoms with Crippen molar-refractivity contribution in [1.29, 1.82) is 0 Å². The van der Waals surface area contributed by atoms with Crippen LogP contribution in [0.25, 0.3) is 0 Å². The van der Waals surface area contributed by atoms with Gasteiger partial charge >= 0.3 is 0 Å². The van der Waals surface area contributed by atoms with Crippen LogP contribution in [0.15, 0.2) is 36.4 Å². The molecular weight excluding hydrogens is 411 g/mol. The second-order valence-electron chi connectivity index (χ2n) is 6.87. The summed E-state index contributed by atoms with van der Waals surface area (Å²) in [5.41, 5.74) is 2.03. The van der Waals surface area contributed by atoms with Gasteiger partial charge in [-0.1, -0.05) is 35.3 Å². The van der Waals surface area contributed by atoms with Gasteiger partial charge in [0, 0.05) is 48.8 Å². The monoisotopic (exact) mass is 438 g/mol. The van der Waals surface area contributed by atoms with Gasteiger partial charge in [-0.2, -0.15) is 0 Å². The van der Waals surface area contributed by atoms with Gasteiger partial charge in [-0.05, 0) is 36.2 Å². The minimum atomic E-state index is 0.421. The molecule has 0 atom stereocenters. The maximum atomic E-state index is 6.51. The van der Waals surface area contributed by atoms with Crippen molar-refractivity contribution in [1.82, 2.24) is 10.2 Å². The van der Waals surface area contributed by atoms with E-state index < -0.39 is 0 Å². The zero-order valence-electron chi connectivity index (χ0n) is 16.8. The Labute approximate surface area is 182 Å². The number of halogens is 2. The summed E-state index contributed by atoms with van der Waals surface area (Å²) in [6.45, 7) is 9.15. The van der Waals surface area contributed by atoms with Gasteiger partial charge in [0.05, 0.1) is 19.8 Å². The van der Waals surface area contributed by atoms with Gasteiger partial charge in [-0.15, -0.1) is 0 Å². The second kappa shape index (κ2) is 11.6. The van der Waals surface area contributed by atoms with Crippen molar-refractivity contribution in [3.63, 3.8) is 0 Å². The Balaban J connectivity index is 1.56. The molecule has 0 spiro atoms. The standard InChI is InChI=1S/C22H28Cl2N2O3/c1-2-28-21-13-18(15-25-7-8-26-9-11-27-12-10-26)20(24)14-22(21)29-16-17-3-5-19(23)6-4-17/h3-6,13-14,25H,2,7-12,15-16H2,1H3. The largest absolute Gasteiger partial charge is 0.490 e. The number of hydrogen-bond donors (Lipinski definition) is 1. The molecule has 7 heteroatoms. The third kappa shape index (κ3) is 7.05. The summed E-state index contributed by atoms with van der Waals surface area (Å²) in [4.78, 5) is 2.40. The Morgan fingerprint density at radius 3 is 2.48 bits per heavy atom. The lowest BCUT2D eigenvalue weighted by Crippen LogP contribution is -2.40. The van der Waals surface area contributed by atoms with E-state index in [9.17, 15) is 0 Å². The Bertz CT molecular complexity index is 765. The van der Waals surface area contributed by atoms with E-state index in [4.69, 9.17) is 37.4 Å². The fourth-order valence-corrected chi connectivity index (χ4v) is 3.47. The molecule has 1 heterocycles. The normalized spacial score (nSPS) is 14.7. The number of nitrogens with one attached hydrogen (secondary N) is 1. The average Bonchev–Trinajstić information content (AvgIpc) is 2.74. The highest BCUT2D eigenvalue weighted by atomic mass is 35.5. The molecule has 5 nitrogen and oxygen atoms in total. The third-order valence-electron chi connectivity index (χ3n) is 4.74. The van der Waals surface area contributed by atoms with Crippen molar-refractivity contribution in [2.24, 2.45) is 0 Å². The predicted molar refractivity (Wildman–Crippen MR) is 117 cm³/mol. The van der Waals surface area contributed by atoms with Gasteiger partial charge in [0.15, 0.2) is 11.5 Å². The first-order chi connectivity index (χ1) is 14.2. The minimum Gasteiger partial charge on any atom is -0.490 e. The van der Waals surface area contributed by atoms with Crippen LogP contribution in [0.4, 0.5) is 0 Å². The van der Waals surface area contributed by atoms with E-state index in [2.05, 4.69) is 10.2 Å². The van der Waals surface area contributed by atoms with Gasteiger partial charge < -0.3 is 19.5 Å². The van der Waals surface area contributed by atoms with Crippen LogP contribution in [0.3, 0.4) is 0 Å². The average molecular weight is 439 g/mol. The Hall–Kier alpha value is -1.50. The van der Waals surface area contributed by atoms with Crippen LogP contribution in [0.1, 0.15) is 18.1 Å². The zero-order valence-corrected chi connectivity index (χ0v) is 18.3. The first kappa shape index (κ1) is 22.2. The summed E-state index contributed by atoms with van der Waals surface area (Å²) in [5.74, 6) is 1.35. The van der Waals surface area contributed by atoms with Crippen LogP contribution in [0.2, 0.25) is 10.0 Å². The molecule has 29 heavy (non-hydrogen) atoms. The fourth-order valence-electron chi connectivity index (χ4n) is 3.12. The molecule has 0 saturated carbocycles. The number of rotatable bonds is 10. The molecule has 2 aromatic carbocycles. The highest BCUT2D eigenvalue weighted by Crippen LogP contribution is 2.34. The number of hydrogen-bond acceptors (Lipinski definition) is 5. The lowest BCUT2D eigenvalue weighted by molar-refractivity contribution is 0.0384. The molecule has 0 amide bonds. The molecule has 1 N–H and O–H groups in total. The Morgan fingerprint density at radius 2 is 1.76 bits per heavy atom. The van der Waals surface area contributed by atoms with Crippen LogP contribution >= 0.6 is 23.2 Å². The van der Waals surface area contributed by atoms with Crippen molar-refractivity contribution in [3.05, 3.63) is 57.6 Å². The molecule has 0 aromatic heterocycles. The third-order valence-corrected chi connectivity index (χ3v) is 5.35. The first-order valence-corrected chi connectivity index (χ1v) is 10.7. The van der Waals surface area contributed by atoms with E-state index in [1.165, 1.54) is 0 Å². The fraction of sp³-hybridized carbons (Fsp3) is 0.455. The minimum absolute atomic E-state index is 0.421. The molecule has 0 bridgehead atoms. The predicted octanol–water partition coefficient (Wildman–Crippen LogP) is 4.39. The molecule has 3 rings (SSSR count). The van der Waals surface area contributed by atoms with Crippen molar-refractivity contribution in [3.8, 4) is 11.5 Å². The molecule has 0 unspecified atom stereocenters. The lowest BCUT2D eigenvalue weighted by Gasteiger charge is -2.26. The summed E-state index contributed by atoms with van der Waals surface area (Å²) in [6.07, 6.45) is 0. The SMILES string of the molecule is CCOc1cc(CNCCN2CCOCC2)c(Cl)cc1OCc1ccc(Cl)cc1.